The number of carbonyl (C=O) groups excluding carboxylic acids is 1. The monoisotopic (exact) mass is 262 g/mol. The fourth-order valence-corrected chi connectivity index (χ4v) is 3.32. The molecule has 106 valence electrons. The van der Waals surface area contributed by atoms with Crippen LogP contribution in [0.5, 0.6) is 0 Å². The Morgan fingerprint density at radius 1 is 1.32 bits per heavy atom. The van der Waals surface area contributed by atoms with Crippen molar-refractivity contribution in [3.8, 4) is 11.8 Å². The van der Waals surface area contributed by atoms with E-state index in [0.29, 0.717) is 17.9 Å². The Morgan fingerprint density at radius 2 is 2.05 bits per heavy atom. The smallest absolute Gasteiger partial charge is 0.223 e. The van der Waals surface area contributed by atoms with Crippen molar-refractivity contribution in [2.45, 2.75) is 51.5 Å². The number of likely N-dealkylation sites (tertiary alicyclic amines) is 1. The highest BCUT2D eigenvalue weighted by molar-refractivity contribution is 5.79. The fourth-order valence-electron chi connectivity index (χ4n) is 3.32. The molecule has 1 saturated carbocycles. The highest BCUT2D eigenvalue weighted by atomic mass is 16.2. The van der Waals surface area contributed by atoms with Crippen LogP contribution in [0.25, 0.3) is 0 Å². The number of hydrogen-bond acceptors (Lipinski definition) is 2. The van der Waals surface area contributed by atoms with E-state index in [1.165, 1.54) is 25.7 Å². The molecule has 1 aliphatic heterocycles. The number of carbonyl (C=O) groups is 1. The summed E-state index contributed by atoms with van der Waals surface area (Å²) >= 11 is 0. The van der Waals surface area contributed by atoms with Gasteiger partial charge in [0.25, 0.3) is 0 Å². The molecule has 0 aromatic rings. The van der Waals surface area contributed by atoms with Crippen LogP contribution in [0.3, 0.4) is 0 Å². The van der Waals surface area contributed by atoms with Crippen LogP contribution in [0.2, 0.25) is 0 Å². The van der Waals surface area contributed by atoms with Gasteiger partial charge in [-0.25, -0.2) is 0 Å². The summed E-state index contributed by atoms with van der Waals surface area (Å²) in [7, 11) is 2.10. The van der Waals surface area contributed by atoms with Crippen LogP contribution < -0.4 is 0 Å². The lowest BCUT2D eigenvalue weighted by atomic mass is 10.1. The average molecular weight is 262 g/mol. The number of nitrogens with zero attached hydrogens (tertiary/aromatic N) is 2. The van der Waals surface area contributed by atoms with Gasteiger partial charge in [0.2, 0.25) is 5.91 Å². The van der Waals surface area contributed by atoms with Gasteiger partial charge in [0.15, 0.2) is 0 Å². The molecule has 0 aromatic carbocycles. The molecule has 1 heterocycles. The van der Waals surface area contributed by atoms with Gasteiger partial charge in [-0.15, -0.1) is 5.92 Å². The largest absolute Gasteiger partial charge is 0.339 e. The quantitative estimate of drug-likeness (QED) is 0.725. The number of amides is 1. The van der Waals surface area contributed by atoms with Crippen molar-refractivity contribution >= 4 is 5.91 Å². The van der Waals surface area contributed by atoms with Crippen LogP contribution >= 0.6 is 0 Å². The molecule has 1 atom stereocenters. The Hall–Kier alpha value is -1.01. The molecule has 0 spiro atoms. The number of hydrogen-bond donors (Lipinski definition) is 0. The van der Waals surface area contributed by atoms with Crippen LogP contribution in [0, 0.1) is 17.8 Å². The molecule has 3 nitrogen and oxygen atoms in total. The SMILES string of the molecule is CCC#CCN(C)CC1CC(=O)N(C2CCCC2)C1. The molecule has 0 aromatic heterocycles. The zero-order valence-corrected chi connectivity index (χ0v) is 12.3. The van der Waals surface area contributed by atoms with Crippen LogP contribution in [0.4, 0.5) is 0 Å². The summed E-state index contributed by atoms with van der Waals surface area (Å²) in [6.07, 6.45) is 6.69. The minimum absolute atomic E-state index is 0.380. The van der Waals surface area contributed by atoms with E-state index in [9.17, 15) is 4.79 Å². The summed E-state index contributed by atoms with van der Waals surface area (Å²) in [5.41, 5.74) is 0. The third-order valence-electron chi connectivity index (χ3n) is 4.22. The summed E-state index contributed by atoms with van der Waals surface area (Å²) in [4.78, 5) is 16.5. The highest BCUT2D eigenvalue weighted by Gasteiger charge is 2.35. The molecule has 2 fully saturated rings. The third-order valence-corrected chi connectivity index (χ3v) is 4.22. The molecule has 1 amide bonds. The Bertz CT molecular complexity index is 363. The topological polar surface area (TPSA) is 23.6 Å². The molecule has 19 heavy (non-hydrogen) atoms. The van der Waals surface area contributed by atoms with E-state index in [1.54, 1.807) is 0 Å². The van der Waals surface area contributed by atoms with Crippen LogP contribution in [0.1, 0.15) is 45.4 Å². The van der Waals surface area contributed by atoms with Gasteiger partial charge >= 0.3 is 0 Å². The first kappa shape index (κ1) is 14.4. The first-order valence-electron chi connectivity index (χ1n) is 7.64. The van der Waals surface area contributed by atoms with E-state index >= 15 is 0 Å². The Morgan fingerprint density at radius 3 is 2.74 bits per heavy atom. The van der Waals surface area contributed by atoms with Gasteiger partial charge in [0.1, 0.15) is 0 Å². The molecule has 3 heteroatoms. The van der Waals surface area contributed by atoms with Gasteiger partial charge in [-0.05, 0) is 25.8 Å². The lowest BCUT2D eigenvalue weighted by molar-refractivity contribution is -0.129. The minimum Gasteiger partial charge on any atom is -0.339 e. The predicted octanol–water partition coefficient (Wildman–Crippen LogP) is 2.12. The van der Waals surface area contributed by atoms with Crippen LogP contribution in [-0.4, -0.2) is 48.4 Å². The second-order valence-electron chi connectivity index (χ2n) is 5.96. The van der Waals surface area contributed by atoms with Crippen molar-refractivity contribution in [1.82, 2.24) is 9.80 Å². The summed E-state index contributed by atoms with van der Waals surface area (Å²) in [6, 6.07) is 0.544. The van der Waals surface area contributed by atoms with Crippen molar-refractivity contribution < 1.29 is 4.79 Å². The summed E-state index contributed by atoms with van der Waals surface area (Å²) in [5.74, 6) is 7.14. The first-order valence-corrected chi connectivity index (χ1v) is 7.64. The first-order chi connectivity index (χ1) is 9.20. The van der Waals surface area contributed by atoms with Crippen LogP contribution in [-0.2, 0) is 4.79 Å². The van der Waals surface area contributed by atoms with E-state index in [0.717, 1.165) is 32.5 Å². The molecule has 1 saturated heterocycles. The normalized spacial score (nSPS) is 24.1. The fraction of sp³-hybridized carbons (Fsp3) is 0.812. The molecule has 1 aliphatic carbocycles. The average Bonchev–Trinajstić information content (AvgIpc) is 2.99. The summed E-state index contributed by atoms with van der Waals surface area (Å²) in [6.45, 7) is 4.85. The van der Waals surface area contributed by atoms with Gasteiger partial charge in [-0.2, -0.15) is 0 Å². The third kappa shape index (κ3) is 3.98. The van der Waals surface area contributed by atoms with E-state index in [2.05, 4.69) is 35.6 Å². The molecular weight excluding hydrogens is 236 g/mol. The van der Waals surface area contributed by atoms with Gasteiger partial charge in [-0.3, -0.25) is 9.69 Å². The van der Waals surface area contributed by atoms with Crippen molar-refractivity contribution in [1.29, 1.82) is 0 Å². The Balaban J connectivity index is 1.78. The molecule has 0 N–H and O–H groups in total. The maximum atomic E-state index is 12.1. The standard InChI is InChI=1S/C16H26N2O/c1-3-4-7-10-17(2)12-14-11-16(19)18(13-14)15-8-5-6-9-15/h14-15H,3,5-6,8-13H2,1-2H3. The second-order valence-corrected chi connectivity index (χ2v) is 5.96. The van der Waals surface area contributed by atoms with Gasteiger partial charge in [-0.1, -0.05) is 25.7 Å². The lowest BCUT2D eigenvalue weighted by Crippen LogP contribution is -2.35. The Kier molecular flexibility index (Phi) is 5.27. The number of rotatable bonds is 4. The maximum absolute atomic E-state index is 12.1. The molecule has 1 unspecified atom stereocenters. The van der Waals surface area contributed by atoms with Gasteiger partial charge in [0.05, 0.1) is 6.54 Å². The minimum atomic E-state index is 0.380. The van der Waals surface area contributed by atoms with E-state index in [4.69, 9.17) is 0 Å². The van der Waals surface area contributed by atoms with E-state index < -0.39 is 0 Å². The molecule has 2 rings (SSSR count). The summed E-state index contributed by atoms with van der Waals surface area (Å²) < 4.78 is 0. The van der Waals surface area contributed by atoms with Gasteiger partial charge < -0.3 is 4.90 Å². The van der Waals surface area contributed by atoms with Crippen molar-refractivity contribution in [2.24, 2.45) is 5.92 Å². The summed E-state index contributed by atoms with van der Waals surface area (Å²) in [5, 5.41) is 0. The second kappa shape index (κ2) is 6.96. The van der Waals surface area contributed by atoms with E-state index in [1.807, 2.05) is 0 Å². The highest BCUT2D eigenvalue weighted by Crippen LogP contribution is 2.29. The molecule has 0 radical (unpaired) electrons. The molecule has 2 aliphatic rings. The zero-order chi connectivity index (χ0) is 13.7. The molecular formula is C16H26N2O. The maximum Gasteiger partial charge on any atom is 0.223 e. The van der Waals surface area contributed by atoms with Crippen molar-refractivity contribution in [3.63, 3.8) is 0 Å². The Labute approximate surface area is 117 Å². The molecule has 0 bridgehead atoms. The van der Waals surface area contributed by atoms with Crippen molar-refractivity contribution in [3.05, 3.63) is 0 Å². The van der Waals surface area contributed by atoms with Crippen LogP contribution in [0.15, 0.2) is 0 Å². The van der Waals surface area contributed by atoms with Crippen molar-refractivity contribution in [2.75, 3.05) is 26.7 Å². The van der Waals surface area contributed by atoms with E-state index in [-0.39, 0.29) is 0 Å². The van der Waals surface area contributed by atoms with Gasteiger partial charge in [0, 0.05) is 32.0 Å². The predicted molar refractivity (Wildman–Crippen MR) is 77.6 cm³/mol. The lowest BCUT2D eigenvalue weighted by Gasteiger charge is -2.25. The zero-order valence-electron chi connectivity index (χ0n) is 12.3.